The Morgan fingerprint density at radius 1 is 1.43 bits per heavy atom. The van der Waals surface area contributed by atoms with Gasteiger partial charge in [0.2, 0.25) is 5.91 Å². The molecule has 1 aliphatic rings. The SMILES string of the molecule is CN(CC(=O)N1CCNCC1)Cc1csc(C(C)(C)C)n1. The number of nitrogens with one attached hydrogen (secondary N) is 1. The van der Waals surface area contributed by atoms with Gasteiger partial charge in [0.05, 0.1) is 17.2 Å². The zero-order chi connectivity index (χ0) is 15.5. The average Bonchev–Trinajstić information content (AvgIpc) is 2.88. The van der Waals surface area contributed by atoms with Crippen LogP contribution in [0.1, 0.15) is 31.5 Å². The van der Waals surface area contributed by atoms with E-state index in [0.717, 1.165) is 43.4 Å². The molecule has 0 radical (unpaired) electrons. The lowest BCUT2D eigenvalue weighted by Gasteiger charge is -2.29. The molecule has 1 saturated heterocycles. The Kier molecular flexibility index (Phi) is 5.35. The molecule has 6 heteroatoms. The summed E-state index contributed by atoms with van der Waals surface area (Å²) in [7, 11) is 1.98. The van der Waals surface area contributed by atoms with Crippen LogP contribution in [0.3, 0.4) is 0 Å². The van der Waals surface area contributed by atoms with Crippen LogP contribution in [0.5, 0.6) is 0 Å². The van der Waals surface area contributed by atoms with Crippen LogP contribution >= 0.6 is 11.3 Å². The Morgan fingerprint density at radius 3 is 2.67 bits per heavy atom. The number of nitrogens with zero attached hydrogens (tertiary/aromatic N) is 3. The van der Waals surface area contributed by atoms with Crippen molar-refractivity contribution in [3.05, 3.63) is 16.1 Å². The molecule has 5 nitrogen and oxygen atoms in total. The predicted octanol–water partition coefficient (Wildman–Crippen LogP) is 1.30. The molecule has 0 atom stereocenters. The summed E-state index contributed by atoms with van der Waals surface area (Å²) in [5.41, 5.74) is 1.15. The number of piperazine rings is 1. The van der Waals surface area contributed by atoms with Crippen LogP contribution in [0.25, 0.3) is 0 Å². The molecule has 0 unspecified atom stereocenters. The van der Waals surface area contributed by atoms with E-state index < -0.39 is 0 Å². The Morgan fingerprint density at radius 2 is 2.10 bits per heavy atom. The van der Waals surface area contributed by atoms with Gasteiger partial charge in [-0.2, -0.15) is 0 Å². The first-order valence-corrected chi connectivity index (χ1v) is 8.36. The number of aromatic nitrogens is 1. The van der Waals surface area contributed by atoms with Gasteiger partial charge in [-0.25, -0.2) is 4.98 Å². The molecular formula is C15H26N4OS. The van der Waals surface area contributed by atoms with Crippen molar-refractivity contribution in [1.82, 2.24) is 20.1 Å². The molecule has 0 aromatic carbocycles. The fraction of sp³-hybridized carbons (Fsp3) is 0.733. The number of rotatable bonds is 4. The molecular weight excluding hydrogens is 284 g/mol. The van der Waals surface area contributed by atoms with Crippen molar-refractivity contribution >= 4 is 17.2 Å². The van der Waals surface area contributed by atoms with E-state index in [2.05, 4.69) is 36.5 Å². The van der Waals surface area contributed by atoms with Crippen molar-refractivity contribution in [2.45, 2.75) is 32.7 Å². The molecule has 0 spiro atoms. The third-order valence-electron chi connectivity index (χ3n) is 3.50. The maximum atomic E-state index is 12.2. The van der Waals surface area contributed by atoms with E-state index in [9.17, 15) is 4.79 Å². The number of amides is 1. The summed E-state index contributed by atoms with van der Waals surface area (Å²) in [6.07, 6.45) is 0. The van der Waals surface area contributed by atoms with E-state index in [0.29, 0.717) is 6.54 Å². The summed E-state index contributed by atoms with van der Waals surface area (Å²) >= 11 is 1.70. The fourth-order valence-corrected chi connectivity index (χ4v) is 3.20. The zero-order valence-electron chi connectivity index (χ0n) is 13.5. The van der Waals surface area contributed by atoms with E-state index >= 15 is 0 Å². The van der Waals surface area contributed by atoms with Gasteiger partial charge in [-0.05, 0) is 7.05 Å². The second-order valence-electron chi connectivity index (χ2n) is 6.70. The van der Waals surface area contributed by atoms with Crippen molar-refractivity contribution in [3.8, 4) is 0 Å². The molecule has 1 fully saturated rings. The molecule has 1 N–H and O–H groups in total. The Labute approximate surface area is 131 Å². The van der Waals surface area contributed by atoms with Gasteiger partial charge in [0.15, 0.2) is 0 Å². The van der Waals surface area contributed by atoms with Gasteiger partial charge in [0.1, 0.15) is 0 Å². The van der Waals surface area contributed by atoms with E-state index in [1.165, 1.54) is 0 Å². The van der Waals surface area contributed by atoms with E-state index in [1.807, 2.05) is 16.8 Å². The summed E-state index contributed by atoms with van der Waals surface area (Å²) in [4.78, 5) is 20.9. The van der Waals surface area contributed by atoms with Gasteiger partial charge in [-0.1, -0.05) is 20.8 Å². The van der Waals surface area contributed by atoms with Gasteiger partial charge in [0, 0.05) is 43.5 Å². The minimum absolute atomic E-state index is 0.0953. The standard InChI is InChI=1S/C15H26N4OS/c1-15(2,3)14-17-12(11-21-14)9-18(4)10-13(20)19-7-5-16-6-8-19/h11,16H,5-10H2,1-4H3. The normalized spacial score (nSPS) is 16.5. The molecule has 118 valence electrons. The smallest absolute Gasteiger partial charge is 0.236 e. The highest BCUT2D eigenvalue weighted by Crippen LogP contribution is 2.25. The number of likely N-dealkylation sites (N-methyl/N-ethyl adjacent to an activating group) is 1. The highest BCUT2D eigenvalue weighted by Gasteiger charge is 2.20. The Balaban J connectivity index is 1.85. The van der Waals surface area contributed by atoms with Crippen LogP contribution in [-0.2, 0) is 16.8 Å². The molecule has 21 heavy (non-hydrogen) atoms. The molecule has 2 heterocycles. The number of thiazole rings is 1. The molecule has 0 saturated carbocycles. The van der Waals surface area contributed by atoms with Gasteiger partial charge in [-0.3, -0.25) is 9.69 Å². The van der Waals surface area contributed by atoms with E-state index in [-0.39, 0.29) is 11.3 Å². The second kappa shape index (κ2) is 6.85. The largest absolute Gasteiger partial charge is 0.339 e. The highest BCUT2D eigenvalue weighted by atomic mass is 32.1. The van der Waals surface area contributed by atoms with Crippen molar-refractivity contribution in [2.24, 2.45) is 0 Å². The lowest BCUT2D eigenvalue weighted by Crippen LogP contribution is -2.49. The minimum Gasteiger partial charge on any atom is -0.339 e. The summed E-state index contributed by atoms with van der Waals surface area (Å²) in [5.74, 6) is 0.213. The fourth-order valence-electron chi connectivity index (χ4n) is 2.30. The molecule has 1 aliphatic heterocycles. The van der Waals surface area contributed by atoms with Crippen molar-refractivity contribution in [1.29, 1.82) is 0 Å². The second-order valence-corrected chi connectivity index (χ2v) is 7.56. The van der Waals surface area contributed by atoms with Gasteiger partial charge >= 0.3 is 0 Å². The first-order valence-electron chi connectivity index (χ1n) is 7.48. The third-order valence-corrected chi connectivity index (χ3v) is 4.82. The van der Waals surface area contributed by atoms with Crippen LogP contribution in [0.2, 0.25) is 0 Å². The molecule has 1 aromatic rings. The number of hydrogen-bond donors (Lipinski definition) is 1. The van der Waals surface area contributed by atoms with Crippen LogP contribution in [0, 0.1) is 0 Å². The number of carbonyl (C=O) groups is 1. The van der Waals surface area contributed by atoms with Gasteiger partial charge in [-0.15, -0.1) is 11.3 Å². The van der Waals surface area contributed by atoms with Gasteiger partial charge < -0.3 is 10.2 Å². The maximum absolute atomic E-state index is 12.2. The summed E-state index contributed by atoms with van der Waals surface area (Å²) in [6, 6.07) is 0. The van der Waals surface area contributed by atoms with Crippen molar-refractivity contribution in [3.63, 3.8) is 0 Å². The Bertz CT molecular complexity index is 474. The van der Waals surface area contributed by atoms with Gasteiger partial charge in [0.25, 0.3) is 0 Å². The van der Waals surface area contributed by atoms with Crippen molar-refractivity contribution in [2.75, 3.05) is 39.8 Å². The molecule has 1 amide bonds. The average molecular weight is 310 g/mol. The molecule has 0 aliphatic carbocycles. The monoisotopic (exact) mass is 310 g/mol. The Hall–Kier alpha value is -0.980. The van der Waals surface area contributed by atoms with Crippen LogP contribution in [0.15, 0.2) is 5.38 Å². The predicted molar refractivity (Wildman–Crippen MR) is 86.6 cm³/mol. The number of hydrogen-bond acceptors (Lipinski definition) is 5. The molecule has 0 bridgehead atoms. The van der Waals surface area contributed by atoms with E-state index in [4.69, 9.17) is 0 Å². The molecule has 2 rings (SSSR count). The zero-order valence-corrected chi connectivity index (χ0v) is 14.3. The summed E-state index contributed by atoms with van der Waals surface area (Å²) < 4.78 is 0. The first-order chi connectivity index (χ1) is 9.86. The maximum Gasteiger partial charge on any atom is 0.236 e. The third kappa shape index (κ3) is 4.76. The van der Waals surface area contributed by atoms with Crippen molar-refractivity contribution < 1.29 is 4.79 Å². The summed E-state index contributed by atoms with van der Waals surface area (Å²) in [5, 5.41) is 6.52. The van der Waals surface area contributed by atoms with E-state index in [1.54, 1.807) is 11.3 Å². The van der Waals surface area contributed by atoms with Crippen LogP contribution in [-0.4, -0.2) is 60.5 Å². The van der Waals surface area contributed by atoms with Crippen LogP contribution < -0.4 is 5.32 Å². The quantitative estimate of drug-likeness (QED) is 0.911. The highest BCUT2D eigenvalue weighted by molar-refractivity contribution is 7.09. The lowest BCUT2D eigenvalue weighted by molar-refractivity contribution is -0.132. The first kappa shape index (κ1) is 16.4. The number of carbonyl (C=O) groups excluding carboxylic acids is 1. The van der Waals surface area contributed by atoms with Crippen LogP contribution in [0.4, 0.5) is 0 Å². The lowest BCUT2D eigenvalue weighted by atomic mass is 9.98. The molecule has 1 aromatic heterocycles. The topological polar surface area (TPSA) is 48.5 Å². The summed E-state index contributed by atoms with van der Waals surface area (Å²) in [6.45, 7) is 11.1. The minimum atomic E-state index is 0.0953.